The van der Waals surface area contributed by atoms with Crippen LogP contribution in [0.25, 0.3) is 11.4 Å². The van der Waals surface area contributed by atoms with E-state index in [0.29, 0.717) is 29.3 Å². The number of ether oxygens (including phenoxy) is 1. The smallest absolute Gasteiger partial charge is 0.258 e. The molecule has 1 aromatic heterocycles. The quantitative estimate of drug-likeness (QED) is 0.585. The van der Waals surface area contributed by atoms with Gasteiger partial charge in [-0.1, -0.05) is 18.2 Å². The van der Waals surface area contributed by atoms with E-state index in [9.17, 15) is 9.18 Å². The van der Waals surface area contributed by atoms with E-state index in [1.807, 2.05) is 25.1 Å². The first-order valence-corrected chi connectivity index (χ1v) is 7.27. The monoisotopic (exact) mass is 308 g/mol. The Labute approximate surface area is 131 Å². The number of rotatable bonds is 1. The highest BCUT2D eigenvalue weighted by molar-refractivity contribution is 5.57. The molecule has 3 aromatic rings. The van der Waals surface area contributed by atoms with Crippen molar-refractivity contribution in [1.82, 2.24) is 9.97 Å². The highest BCUT2D eigenvalue weighted by Crippen LogP contribution is 2.36. The summed E-state index contributed by atoms with van der Waals surface area (Å²) in [6.07, 6.45) is 0.485. The van der Waals surface area contributed by atoms with Gasteiger partial charge in [-0.2, -0.15) is 4.98 Å². The van der Waals surface area contributed by atoms with Crippen molar-refractivity contribution < 1.29 is 9.13 Å². The largest absolute Gasteiger partial charge is 0.438 e. The van der Waals surface area contributed by atoms with Crippen LogP contribution in [0.2, 0.25) is 0 Å². The Kier molecular flexibility index (Phi) is 3.01. The molecule has 0 radical (unpaired) electrons. The highest BCUT2D eigenvalue weighted by atomic mass is 19.1. The fourth-order valence-corrected chi connectivity index (χ4v) is 2.75. The minimum Gasteiger partial charge on any atom is -0.438 e. The Hall–Kier alpha value is -2.95. The van der Waals surface area contributed by atoms with Gasteiger partial charge < -0.3 is 9.72 Å². The number of fused-ring (bicyclic) bond motifs is 2. The van der Waals surface area contributed by atoms with Crippen LogP contribution in [0.15, 0.2) is 47.3 Å². The molecule has 0 fully saturated rings. The highest BCUT2D eigenvalue weighted by Gasteiger charge is 2.23. The van der Waals surface area contributed by atoms with Gasteiger partial charge in [-0.25, -0.2) is 4.39 Å². The molecule has 1 aliphatic heterocycles. The van der Waals surface area contributed by atoms with Crippen molar-refractivity contribution in [2.45, 2.75) is 13.3 Å². The van der Waals surface area contributed by atoms with Gasteiger partial charge in [0.15, 0.2) is 0 Å². The fourth-order valence-electron chi connectivity index (χ4n) is 2.75. The topological polar surface area (TPSA) is 55.0 Å². The van der Waals surface area contributed by atoms with Gasteiger partial charge in [0.2, 0.25) is 5.88 Å². The molecule has 0 atom stereocenters. The van der Waals surface area contributed by atoms with E-state index < -0.39 is 0 Å². The zero-order valence-electron chi connectivity index (χ0n) is 12.4. The van der Waals surface area contributed by atoms with Crippen molar-refractivity contribution in [3.05, 3.63) is 75.3 Å². The van der Waals surface area contributed by atoms with E-state index >= 15 is 0 Å². The van der Waals surface area contributed by atoms with Crippen molar-refractivity contribution in [2.75, 3.05) is 0 Å². The Morgan fingerprint density at radius 3 is 2.74 bits per heavy atom. The molecule has 0 saturated heterocycles. The van der Waals surface area contributed by atoms with Crippen LogP contribution < -0.4 is 10.3 Å². The van der Waals surface area contributed by atoms with Crippen LogP contribution in [0.3, 0.4) is 0 Å². The summed E-state index contributed by atoms with van der Waals surface area (Å²) in [7, 11) is 0. The van der Waals surface area contributed by atoms with Crippen LogP contribution >= 0.6 is 0 Å². The third kappa shape index (κ3) is 2.30. The number of halogens is 1. The van der Waals surface area contributed by atoms with Crippen molar-refractivity contribution in [3.8, 4) is 23.0 Å². The summed E-state index contributed by atoms with van der Waals surface area (Å²) in [5.41, 5.74) is 2.87. The summed E-state index contributed by atoms with van der Waals surface area (Å²) in [4.78, 5) is 19.5. The van der Waals surface area contributed by atoms with Crippen LogP contribution in [0.4, 0.5) is 4.39 Å². The molecule has 1 N–H and O–H groups in total. The second kappa shape index (κ2) is 5.05. The van der Waals surface area contributed by atoms with Crippen LogP contribution in [0.1, 0.15) is 16.7 Å². The summed E-state index contributed by atoms with van der Waals surface area (Å²) < 4.78 is 18.9. The SMILES string of the molecule is Cc1cccc2c1Oc1nc(-c3ccc(F)cc3)[nH]c(=O)c1C2. The lowest BCUT2D eigenvalue weighted by atomic mass is 10.0. The standard InChI is InChI=1S/C18H13FN2O2/c1-10-3-2-4-12-9-14-17(22)20-16(21-18(14)23-15(10)12)11-5-7-13(19)8-6-11/h2-8H,9H2,1H3,(H,20,21,22). The molecule has 1 aliphatic rings. The maximum Gasteiger partial charge on any atom is 0.258 e. The lowest BCUT2D eigenvalue weighted by Crippen LogP contribution is -2.20. The molecule has 0 bridgehead atoms. The van der Waals surface area contributed by atoms with Gasteiger partial charge in [-0.15, -0.1) is 0 Å². The Morgan fingerprint density at radius 2 is 1.96 bits per heavy atom. The molecule has 4 rings (SSSR count). The minimum atomic E-state index is -0.338. The maximum atomic E-state index is 13.0. The van der Waals surface area contributed by atoms with Crippen molar-refractivity contribution in [1.29, 1.82) is 0 Å². The zero-order chi connectivity index (χ0) is 16.0. The first-order chi connectivity index (χ1) is 11.1. The van der Waals surface area contributed by atoms with Gasteiger partial charge in [-0.3, -0.25) is 4.79 Å². The van der Waals surface area contributed by atoms with Crippen molar-refractivity contribution in [2.24, 2.45) is 0 Å². The Balaban J connectivity index is 1.83. The summed E-state index contributed by atoms with van der Waals surface area (Å²) >= 11 is 0. The predicted octanol–water partition coefficient (Wildman–Crippen LogP) is 3.58. The number of hydrogen-bond acceptors (Lipinski definition) is 3. The zero-order valence-corrected chi connectivity index (χ0v) is 12.4. The number of aromatic amines is 1. The molecule has 0 amide bonds. The van der Waals surface area contributed by atoms with E-state index in [1.165, 1.54) is 12.1 Å². The van der Waals surface area contributed by atoms with Gasteiger partial charge in [0.1, 0.15) is 17.4 Å². The summed E-state index contributed by atoms with van der Waals surface area (Å²) in [6.45, 7) is 1.96. The van der Waals surface area contributed by atoms with E-state index in [0.717, 1.165) is 16.9 Å². The van der Waals surface area contributed by atoms with Crippen molar-refractivity contribution in [3.63, 3.8) is 0 Å². The molecular weight excluding hydrogens is 295 g/mol. The summed E-state index contributed by atoms with van der Waals surface area (Å²) in [5.74, 6) is 1.10. The first-order valence-electron chi connectivity index (χ1n) is 7.27. The minimum absolute atomic E-state index is 0.235. The number of aromatic nitrogens is 2. The van der Waals surface area contributed by atoms with E-state index in [-0.39, 0.29) is 11.4 Å². The maximum absolute atomic E-state index is 13.0. The fraction of sp³-hybridized carbons (Fsp3) is 0.111. The van der Waals surface area contributed by atoms with E-state index in [2.05, 4.69) is 9.97 Å². The molecule has 5 heteroatoms. The lowest BCUT2D eigenvalue weighted by Gasteiger charge is -2.20. The number of para-hydroxylation sites is 1. The third-order valence-corrected chi connectivity index (χ3v) is 3.95. The molecule has 4 nitrogen and oxygen atoms in total. The number of nitrogens with zero attached hydrogens (tertiary/aromatic N) is 1. The van der Waals surface area contributed by atoms with Crippen molar-refractivity contribution >= 4 is 0 Å². The van der Waals surface area contributed by atoms with Crippen LogP contribution in [0, 0.1) is 12.7 Å². The second-order valence-electron chi connectivity index (χ2n) is 5.55. The predicted molar refractivity (Wildman–Crippen MR) is 84.3 cm³/mol. The molecular formula is C18H13FN2O2. The molecule has 0 saturated carbocycles. The Bertz CT molecular complexity index is 962. The third-order valence-electron chi connectivity index (χ3n) is 3.95. The molecule has 0 unspecified atom stereocenters. The molecule has 0 spiro atoms. The number of hydrogen-bond donors (Lipinski definition) is 1. The molecule has 114 valence electrons. The van der Waals surface area contributed by atoms with Crippen LogP contribution in [0.5, 0.6) is 11.6 Å². The summed E-state index contributed by atoms with van der Waals surface area (Å²) in [5, 5.41) is 0. The Morgan fingerprint density at radius 1 is 1.17 bits per heavy atom. The van der Waals surface area contributed by atoms with E-state index in [1.54, 1.807) is 12.1 Å². The summed E-state index contributed by atoms with van der Waals surface area (Å²) in [6, 6.07) is 11.6. The molecule has 2 aromatic carbocycles. The van der Waals surface area contributed by atoms with Gasteiger partial charge >= 0.3 is 0 Å². The normalized spacial score (nSPS) is 12.3. The molecule has 2 heterocycles. The van der Waals surface area contributed by atoms with Crippen LogP contribution in [-0.4, -0.2) is 9.97 Å². The average Bonchev–Trinajstić information content (AvgIpc) is 2.55. The van der Waals surface area contributed by atoms with Gasteiger partial charge in [-0.05, 0) is 42.3 Å². The van der Waals surface area contributed by atoms with Gasteiger partial charge in [0, 0.05) is 12.0 Å². The lowest BCUT2D eigenvalue weighted by molar-refractivity contribution is 0.435. The van der Waals surface area contributed by atoms with E-state index in [4.69, 9.17) is 4.74 Å². The molecule has 23 heavy (non-hydrogen) atoms. The number of aryl methyl sites for hydroxylation is 1. The van der Waals surface area contributed by atoms with Gasteiger partial charge in [0.05, 0.1) is 5.56 Å². The first kappa shape index (κ1) is 13.7. The number of nitrogens with one attached hydrogen (secondary N) is 1. The number of H-pyrrole nitrogens is 1. The van der Waals surface area contributed by atoms with Gasteiger partial charge in [0.25, 0.3) is 5.56 Å². The average molecular weight is 308 g/mol. The second-order valence-corrected chi connectivity index (χ2v) is 5.55. The van der Waals surface area contributed by atoms with Crippen LogP contribution in [-0.2, 0) is 6.42 Å². The molecule has 0 aliphatic carbocycles. The number of benzene rings is 2.